The first-order chi connectivity index (χ1) is 14.7. The molecule has 12 heteroatoms. The molecule has 2 aromatic carbocycles. The van der Waals surface area contributed by atoms with Crippen LogP contribution in [0.15, 0.2) is 58.6 Å². The molecule has 0 fully saturated rings. The highest BCUT2D eigenvalue weighted by molar-refractivity contribution is 7.89. The number of sulfonamides is 1. The number of guanidine groups is 1. The number of nitrogens with two attached hydrogens (primary N) is 2. The summed E-state index contributed by atoms with van der Waals surface area (Å²) in [6.45, 7) is 0.603. The molecule has 2 aromatic rings. The smallest absolute Gasteiger partial charge is 0.322 e. The molecule has 0 saturated heterocycles. The van der Waals surface area contributed by atoms with Crippen LogP contribution < -0.4 is 20.9 Å². The Bertz CT molecular complexity index is 1010. The van der Waals surface area contributed by atoms with Gasteiger partial charge < -0.3 is 26.1 Å². The van der Waals surface area contributed by atoms with E-state index in [1.165, 1.54) is 12.1 Å². The Hall–Kier alpha value is -3.38. The summed E-state index contributed by atoms with van der Waals surface area (Å²) in [5.74, 6) is -1.73. The molecule has 2 rings (SSSR count). The first-order valence-electron chi connectivity index (χ1n) is 9.11. The predicted octanol–water partition coefficient (Wildman–Crippen LogP) is 0.774. The molecule has 0 amide bonds. The van der Waals surface area contributed by atoms with Gasteiger partial charge in [-0.25, -0.2) is 12.8 Å². The van der Waals surface area contributed by atoms with Crippen molar-refractivity contribution in [2.24, 2.45) is 16.6 Å². The third kappa shape index (κ3) is 8.10. The van der Waals surface area contributed by atoms with Crippen LogP contribution in [0.3, 0.4) is 0 Å². The van der Waals surface area contributed by atoms with Crippen LogP contribution in [0, 0.1) is 5.82 Å². The zero-order valence-electron chi connectivity index (χ0n) is 16.4. The number of carbonyl (C=O) groups is 1. The van der Waals surface area contributed by atoms with Crippen molar-refractivity contribution in [1.29, 1.82) is 0 Å². The average molecular weight is 454 g/mol. The van der Waals surface area contributed by atoms with Gasteiger partial charge in [0, 0.05) is 6.42 Å². The Kier molecular flexibility index (Phi) is 8.58. The van der Waals surface area contributed by atoms with Crippen LogP contribution in [-0.2, 0) is 26.1 Å². The number of benzene rings is 2. The second-order valence-corrected chi connectivity index (χ2v) is 8.08. The van der Waals surface area contributed by atoms with Gasteiger partial charge in [0.05, 0.1) is 11.5 Å². The van der Waals surface area contributed by atoms with Gasteiger partial charge in [0.15, 0.2) is 0 Å². The van der Waals surface area contributed by atoms with Crippen molar-refractivity contribution in [1.82, 2.24) is 4.72 Å². The normalized spacial score (nSPS) is 12.0. The van der Waals surface area contributed by atoms with E-state index in [4.69, 9.17) is 21.0 Å². The topological polar surface area (TPSA) is 166 Å². The van der Waals surface area contributed by atoms with Crippen molar-refractivity contribution in [3.63, 3.8) is 0 Å². The van der Waals surface area contributed by atoms with E-state index in [9.17, 15) is 22.7 Å². The first-order valence-corrected chi connectivity index (χ1v) is 10.6. The number of hydrogen-bond acceptors (Lipinski definition) is 6. The summed E-state index contributed by atoms with van der Waals surface area (Å²) in [5, 5.41) is 12.8. The molecular formula is C19H23FN4O6S. The van der Waals surface area contributed by atoms with Crippen molar-refractivity contribution in [2.45, 2.75) is 23.8 Å². The van der Waals surface area contributed by atoms with Crippen LogP contribution >= 0.6 is 0 Å². The summed E-state index contributed by atoms with van der Waals surface area (Å²) >= 11 is 0. The number of rotatable bonds is 12. The standard InChI is InChI=1S/C19H23FN4O6S/c20-14-3-1-4-16(12-14)31(27,28)24-17(18(25)26)11-13-5-7-15(8-6-13)29-9-2-10-30-23-19(21)22/h1,3-8,12,17,24H,2,9-11H2,(H,25,26)(H4,21,22,23). The zero-order valence-corrected chi connectivity index (χ0v) is 17.2. The van der Waals surface area contributed by atoms with Gasteiger partial charge >= 0.3 is 5.97 Å². The summed E-state index contributed by atoms with van der Waals surface area (Å²) in [6, 6.07) is 9.38. The highest BCUT2D eigenvalue weighted by Crippen LogP contribution is 2.16. The van der Waals surface area contributed by atoms with E-state index in [0.717, 1.165) is 12.1 Å². The Morgan fingerprint density at radius 2 is 1.87 bits per heavy atom. The Balaban J connectivity index is 1.93. The lowest BCUT2D eigenvalue weighted by Gasteiger charge is -2.15. The molecule has 0 saturated carbocycles. The molecule has 0 bridgehead atoms. The third-order valence-corrected chi connectivity index (χ3v) is 5.35. The van der Waals surface area contributed by atoms with E-state index < -0.39 is 27.9 Å². The van der Waals surface area contributed by atoms with Crippen LogP contribution in [0.2, 0.25) is 0 Å². The van der Waals surface area contributed by atoms with Gasteiger partial charge in [0.1, 0.15) is 24.2 Å². The fourth-order valence-electron chi connectivity index (χ4n) is 2.46. The summed E-state index contributed by atoms with van der Waals surface area (Å²) in [5.41, 5.74) is 10.8. The fraction of sp³-hybridized carbons (Fsp3) is 0.263. The van der Waals surface area contributed by atoms with Gasteiger partial charge in [0.2, 0.25) is 16.0 Å². The monoisotopic (exact) mass is 454 g/mol. The maximum absolute atomic E-state index is 13.3. The first kappa shape index (κ1) is 23.9. The van der Waals surface area contributed by atoms with Gasteiger partial charge in [-0.05, 0) is 47.5 Å². The number of aliphatic carboxylic acids is 1. The van der Waals surface area contributed by atoms with Crippen molar-refractivity contribution < 1.29 is 32.3 Å². The highest BCUT2D eigenvalue weighted by Gasteiger charge is 2.26. The molecule has 0 aliphatic heterocycles. The summed E-state index contributed by atoms with van der Waals surface area (Å²) in [7, 11) is -4.21. The quantitative estimate of drug-likeness (QED) is 0.158. The molecule has 0 heterocycles. The average Bonchev–Trinajstić information content (AvgIpc) is 2.71. The highest BCUT2D eigenvalue weighted by atomic mass is 32.2. The van der Waals surface area contributed by atoms with E-state index in [0.29, 0.717) is 24.3 Å². The maximum Gasteiger partial charge on any atom is 0.322 e. The summed E-state index contributed by atoms with van der Waals surface area (Å²) < 4.78 is 45.7. The number of hydrogen-bond donors (Lipinski definition) is 4. The number of ether oxygens (including phenoxy) is 1. The zero-order chi connectivity index (χ0) is 22.9. The van der Waals surface area contributed by atoms with E-state index in [-0.39, 0.29) is 23.9 Å². The van der Waals surface area contributed by atoms with Gasteiger partial charge in [-0.3, -0.25) is 4.79 Å². The number of nitrogens with one attached hydrogen (secondary N) is 1. The number of nitrogens with zero attached hydrogens (tertiary/aromatic N) is 1. The Morgan fingerprint density at radius 1 is 1.16 bits per heavy atom. The lowest BCUT2D eigenvalue weighted by Crippen LogP contribution is -2.42. The second-order valence-electron chi connectivity index (χ2n) is 6.37. The lowest BCUT2D eigenvalue weighted by molar-refractivity contribution is -0.138. The lowest BCUT2D eigenvalue weighted by atomic mass is 10.1. The van der Waals surface area contributed by atoms with Crippen molar-refractivity contribution in [2.75, 3.05) is 13.2 Å². The molecule has 0 aromatic heterocycles. The predicted molar refractivity (Wildman–Crippen MR) is 110 cm³/mol. The van der Waals surface area contributed by atoms with Gasteiger partial charge in [0.25, 0.3) is 0 Å². The Labute approximate surface area is 178 Å². The van der Waals surface area contributed by atoms with Crippen LogP contribution in [0.1, 0.15) is 12.0 Å². The van der Waals surface area contributed by atoms with Crippen LogP contribution in [0.5, 0.6) is 5.75 Å². The van der Waals surface area contributed by atoms with Gasteiger partial charge in [-0.2, -0.15) is 4.72 Å². The second kappa shape index (κ2) is 11.1. The van der Waals surface area contributed by atoms with Crippen LogP contribution in [0.4, 0.5) is 4.39 Å². The largest absolute Gasteiger partial charge is 0.493 e. The molecule has 1 atom stereocenters. The van der Waals surface area contributed by atoms with E-state index in [1.54, 1.807) is 24.3 Å². The van der Waals surface area contributed by atoms with E-state index in [2.05, 4.69) is 9.88 Å². The van der Waals surface area contributed by atoms with Crippen molar-refractivity contribution >= 4 is 22.0 Å². The van der Waals surface area contributed by atoms with Crippen molar-refractivity contribution in [3.05, 3.63) is 59.9 Å². The molecule has 168 valence electrons. The number of halogens is 1. The van der Waals surface area contributed by atoms with Gasteiger partial charge in [-0.1, -0.05) is 18.2 Å². The van der Waals surface area contributed by atoms with E-state index >= 15 is 0 Å². The molecule has 0 spiro atoms. The maximum atomic E-state index is 13.3. The van der Waals surface area contributed by atoms with Crippen LogP contribution in [-0.4, -0.2) is 44.7 Å². The minimum absolute atomic E-state index is 0.115. The molecular weight excluding hydrogens is 431 g/mol. The molecule has 0 aliphatic rings. The number of carboxylic acids is 1. The molecule has 10 nitrogen and oxygen atoms in total. The molecule has 6 N–H and O–H groups in total. The van der Waals surface area contributed by atoms with E-state index in [1.807, 2.05) is 0 Å². The molecule has 31 heavy (non-hydrogen) atoms. The summed E-state index contributed by atoms with van der Waals surface area (Å²) in [6.07, 6.45) is 0.415. The summed E-state index contributed by atoms with van der Waals surface area (Å²) in [4.78, 5) is 16.0. The molecule has 1 unspecified atom stereocenters. The third-order valence-electron chi connectivity index (χ3n) is 3.88. The minimum atomic E-state index is -4.21. The minimum Gasteiger partial charge on any atom is -0.493 e. The SMILES string of the molecule is NC(N)=NOCCCOc1ccc(CC(NS(=O)(=O)c2cccc(F)c2)C(=O)O)cc1. The number of oxime groups is 1. The van der Waals surface area contributed by atoms with Gasteiger partial charge in [-0.15, -0.1) is 0 Å². The molecule has 0 radical (unpaired) electrons. The fourth-order valence-corrected chi connectivity index (χ4v) is 3.68. The molecule has 0 aliphatic carbocycles. The Morgan fingerprint density at radius 3 is 2.48 bits per heavy atom. The number of carboxylic acid groups (broad SMARTS) is 1. The van der Waals surface area contributed by atoms with Crippen LogP contribution in [0.25, 0.3) is 0 Å². The van der Waals surface area contributed by atoms with Crippen molar-refractivity contribution in [3.8, 4) is 5.75 Å².